The van der Waals surface area contributed by atoms with Gasteiger partial charge in [0.2, 0.25) is 0 Å². The maximum absolute atomic E-state index is 11.7. The van der Waals surface area contributed by atoms with Crippen molar-refractivity contribution in [3.8, 4) is 11.5 Å². The summed E-state index contributed by atoms with van der Waals surface area (Å²) in [5, 5.41) is 2.91. The van der Waals surface area contributed by atoms with Gasteiger partial charge >= 0.3 is 0 Å². The molecule has 1 aliphatic rings. The predicted molar refractivity (Wildman–Crippen MR) is 64.2 cm³/mol. The van der Waals surface area contributed by atoms with Gasteiger partial charge in [0.1, 0.15) is 0 Å². The summed E-state index contributed by atoms with van der Waals surface area (Å²) >= 11 is 0. The number of hydrogen-bond acceptors (Lipinski definition) is 3. The lowest BCUT2D eigenvalue weighted by atomic mass is 10.3. The highest BCUT2D eigenvalue weighted by Crippen LogP contribution is 2.27. The smallest absolute Gasteiger partial charge is 0.260 e. The van der Waals surface area contributed by atoms with Gasteiger partial charge in [-0.15, -0.1) is 0 Å². The van der Waals surface area contributed by atoms with Crippen LogP contribution in [0.5, 0.6) is 11.5 Å². The zero-order chi connectivity index (χ0) is 12.3. The Kier molecular flexibility index (Phi) is 3.52. The first-order valence-electron chi connectivity index (χ1n) is 5.80. The maximum atomic E-state index is 11.7. The van der Waals surface area contributed by atoms with Crippen LogP contribution in [0, 0.1) is 0 Å². The fourth-order valence-electron chi connectivity index (χ4n) is 1.51. The van der Waals surface area contributed by atoms with Crippen molar-refractivity contribution in [1.29, 1.82) is 0 Å². The normalized spacial score (nSPS) is 16.1. The third kappa shape index (κ3) is 3.12. The van der Waals surface area contributed by atoms with Crippen LogP contribution in [-0.2, 0) is 4.79 Å². The van der Waals surface area contributed by atoms with Gasteiger partial charge in [-0.1, -0.05) is 12.1 Å². The number of nitrogens with one attached hydrogen (secondary N) is 1. The van der Waals surface area contributed by atoms with E-state index in [1.54, 1.807) is 26.2 Å². The molecule has 0 saturated heterocycles. The minimum absolute atomic E-state index is 0.0709. The molecule has 1 aliphatic carbocycles. The molecule has 1 atom stereocenters. The molecule has 4 nitrogen and oxygen atoms in total. The average Bonchev–Trinajstić information content (AvgIpc) is 3.13. The van der Waals surface area contributed by atoms with Crippen molar-refractivity contribution in [2.75, 3.05) is 7.11 Å². The summed E-state index contributed by atoms with van der Waals surface area (Å²) in [6.07, 6.45) is 1.65. The molecular weight excluding hydrogens is 218 g/mol. The molecule has 2 rings (SSSR count). The summed E-state index contributed by atoms with van der Waals surface area (Å²) in [6.45, 7) is 1.74. The summed E-state index contributed by atoms with van der Waals surface area (Å²) in [5.74, 6) is 1.16. The molecule has 0 bridgehead atoms. The van der Waals surface area contributed by atoms with Gasteiger partial charge in [0.05, 0.1) is 7.11 Å². The summed E-state index contributed by atoms with van der Waals surface area (Å²) in [4.78, 5) is 11.7. The molecule has 1 N–H and O–H groups in total. The van der Waals surface area contributed by atoms with Crippen LogP contribution < -0.4 is 14.8 Å². The molecule has 0 aliphatic heterocycles. The Bertz CT molecular complexity index is 401. The van der Waals surface area contributed by atoms with E-state index in [4.69, 9.17) is 9.47 Å². The van der Waals surface area contributed by atoms with Crippen molar-refractivity contribution in [2.45, 2.75) is 31.9 Å². The van der Waals surface area contributed by atoms with E-state index in [0.29, 0.717) is 17.5 Å². The van der Waals surface area contributed by atoms with Gasteiger partial charge in [0, 0.05) is 6.04 Å². The van der Waals surface area contributed by atoms with Gasteiger partial charge < -0.3 is 14.8 Å². The van der Waals surface area contributed by atoms with Crippen LogP contribution >= 0.6 is 0 Å². The van der Waals surface area contributed by atoms with Gasteiger partial charge in [-0.3, -0.25) is 4.79 Å². The fourth-order valence-corrected chi connectivity index (χ4v) is 1.51. The molecule has 92 valence electrons. The number of carbonyl (C=O) groups excluding carboxylic acids is 1. The summed E-state index contributed by atoms with van der Waals surface area (Å²) in [6, 6.07) is 7.66. The largest absolute Gasteiger partial charge is 0.493 e. The number of methoxy groups -OCH3 is 1. The number of ether oxygens (including phenoxy) is 2. The molecule has 1 saturated carbocycles. The number of para-hydroxylation sites is 2. The van der Waals surface area contributed by atoms with Crippen LogP contribution in [0.4, 0.5) is 0 Å². The van der Waals surface area contributed by atoms with Crippen LogP contribution in [0.15, 0.2) is 24.3 Å². The van der Waals surface area contributed by atoms with E-state index in [-0.39, 0.29) is 5.91 Å². The van der Waals surface area contributed by atoms with Crippen LogP contribution in [0.1, 0.15) is 19.8 Å². The fraction of sp³-hybridized carbons (Fsp3) is 0.462. The van der Waals surface area contributed by atoms with Gasteiger partial charge in [0.15, 0.2) is 17.6 Å². The standard InChI is InChI=1S/C13H17NO3/c1-9(13(15)14-10-7-8-10)17-12-6-4-3-5-11(12)16-2/h3-6,9-10H,7-8H2,1-2H3,(H,14,15)/t9-/m1/s1. The number of carbonyl (C=O) groups is 1. The SMILES string of the molecule is COc1ccccc1O[C@H](C)C(=O)NC1CC1. The number of rotatable bonds is 5. The second-order valence-electron chi connectivity index (χ2n) is 4.19. The first-order valence-corrected chi connectivity index (χ1v) is 5.80. The Balaban J connectivity index is 1.96. The highest BCUT2D eigenvalue weighted by Gasteiger charge is 2.26. The van der Waals surface area contributed by atoms with E-state index in [0.717, 1.165) is 12.8 Å². The van der Waals surface area contributed by atoms with E-state index in [9.17, 15) is 4.79 Å². The molecule has 1 amide bonds. The average molecular weight is 235 g/mol. The van der Waals surface area contributed by atoms with E-state index in [1.165, 1.54) is 0 Å². The van der Waals surface area contributed by atoms with Crippen molar-refractivity contribution >= 4 is 5.91 Å². The lowest BCUT2D eigenvalue weighted by Crippen LogP contribution is -2.37. The first-order chi connectivity index (χ1) is 8.20. The number of hydrogen-bond donors (Lipinski definition) is 1. The van der Waals surface area contributed by atoms with E-state index in [2.05, 4.69) is 5.32 Å². The third-order valence-electron chi connectivity index (χ3n) is 2.67. The molecule has 0 heterocycles. The van der Waals surface area contributed by atoms with Crippen molar-refractivity contribution in [3.63, 3.8) is 0 Å². The molecule has 0 unspecified atom stereocenters. The third-order valence-corrected chi connectivity index (χ3v) is 2.67. The zero-order valence-corrected chi connectivity index (χ0v) is 10.1. The molecule has 4 heteroatoms. The van der Waals surface area contributed by atoms with Gasteiger partial charge in [-0.25, -0.2) is 0 Å². The molecule has 0 radical (unpaired) electrons. The molecule has 1 aromatic carbocycles. The summed E-state index contributed by atoms with van der Waals surface area (Å²) in [7, 11) is 1.58. The quantitative estimate of drug-likeness (QED) is 0.845. The number of benzene rings is 1. The van der Waals surface area contributed by atoms with Gasteiger partial charge in [-0.2, -0.15) is 0 Å². The van der Waals surface area contributed by atoms with Crippen molar-refractivity contribution in [2.24, 2.45) is 0 Å². The topological polar surface area (TPSA) is 47.6 Å². The Morgan fingerprint density at radius 1 is 1.35 bits per heavy atom. The van der Waals surface area contributed by atoms with E-state index >= 15 is 0 Å². The Morgan fingerprint density at radius 2 is 2.00 bits per heavy atom. The molecule has 17 heavy (non-hydrogen) atoms. The Labute approximate surface area is 101 Å². The van der Waals surface area contributed by atoms with Crippen LogP contribution in [0.2, 0.25) is 0 Å². The molecule has 1 aromatic rings. The lowest BCUT2D eigenvalue weighted by Gasteiger charge is -2.16. The molecule has 0 spiro atoms. The van der Waals surface area contributed by atoms with Crippen LogP contribution in [-0.4, -0.2) is 25.2 Å². The van der Waals surface area contributed by atoms with E-state index < -0.39 is 6.10 Å². The minimum atomic E-state index is -0.508. The van der Waals surface area contributed by atoms with E-state index in [1.807, 2.05) is 12.1 Å². The highest BCUT2D eigenvalue weighted by molar-refractivity contribution is 5.81. The molecule has 1 fully saturated rings. The van der Waals surface area contributed by atoms with Crippen molar-refractivity contribution in [3.05, 3.63) is 24.3 Å². The van der Waals surface area contributed by atoms with Gasteiger partial charge in [-0.05, 0) is 31.9 Å². The Morgan fingerprint density at radius 3 is 2.59 bits per heavy atom. The Hall–Kier alpha value is -1.71. The second-order valence-corrected chi connectivity index (χ2v) is 4.19. The summed E-state index contributed by atoms with van der Waals surface area (Å²) in [5.41, 5.74) is 0. The zero-order valence-electron chi connectivity index (χ0n) is 10.1. The second kappa shape index (κ2) is 5.08. The highest BCUT2D eigenvalue weighted by atomic mass is 16.5. The number of amides is 1. The lowest BCUT2D eigenvalue weighted by molar-refractivity contribution is -0.127. The van der Waals surface area contributed by atoms with Crippen molar-refractivity contribution in [1.82, 2.24) is 5.32 Å². The molecular formula is C13H17NO3. The van der Waals surface area contributed by atoms with Crippen molar-refractivity contribution < 1.29 is 14.3 Å². The predicted octanol–water partition coefficient (Wildman–Crippen LogP) is 1.74. The summed E-state index contributed by atoms with van der Waals surface area (Å²) < 4.78 is 10.8. The minimum Gasteiger partial charge on any atom is -0.493 e. The monoisotopic (exact) mass is 235 g/mol. The first kappa shape index (κ1) is 11.8. The van der Waals surface area contributed by atoms with Crippen LogP contribution in [0.3, 0.4) is 0 Å². The van der Waals surface area contributed by atoms with Crippen LogP contribution in [0.25, 0.3) is 0 Å². The maximum Gasteiger partial charge on any atom is 0.260 e. The van der Waals surface area contributed by atoms with Gasteiger partial charge in [0.25, 0.3) is 5.91 Å². The molecule has 0 aromatic heterocycles.